The quantitative estimate of drug-likeness (QED) is 0.607. The Morgan fingerprint density at radius 3 is 2.40 bits per heavy atom. The van der Waals surface area contributed by atoms with E-state index >= 15 is 0 Å². The van der Waals surface area contributed by atoms with Crippen LogP contribution in [0, 0.1) is 6.92 Å². The molecule has 0 saturated carbocycles. The summed E-state index contributed by atoms with van der Waals surface area (Å²) in [4.78, 5) is 38.3. The van der Waals surface area contributed by atoms with E-state index in [2.05, 4.69) is 5.32 Å². The van der Waals surface area contributed by atoms with Gasteiger partial charge in [0.1, 0.15) is 12.3 Å². The van der Waals surface area contributed by atoms with Crippen LogP contribution in [-0.4, -0.2) is 49.5 Å². The number of carbonyl (C=O) groups is 3. The highest BCUT2D eigenvalue weighted by Crippen LogP contribution is 2.16. The maximum atomic E-state index is 12.5. The molecule has 0 unspecified atom stereocenters. The highest BCUT2D eigenvalue weighted by atomic mass is 16.5. The molecule has 2 aromatic carbocycles. The minimum absolute atomic E-state index is 0.276. The standard InChI is InChI=1S/C23H28N2O5/c1-4-13-25(15-18-11-9-17(2)10-12-18)21(26)16-30-22(27)14-24-23(28)19-7-5-6-8-20(19)29-3/h5-12H,4,13-16H2,1-3H3,(H,24,28). The topological polar surface area (TPSA) is 84.9 Å². The summed E-state index contributed by atoms with van der Waals surface area (Å²) in [6, 6.07) is 14.6. The second-order valence-corrected chi connectivity index (χ2v) is 6.84. The Balaban J connectivity index is 1.83. The van der Waals surface area contributed by atoms with Gasteiger partial charge in [-0.25, -0.2) is 0 Å². The van der Waals surface area contributed by atoms with Gasteiger partial charge in [0.05, 0.1) is 12.7 Å². The van der Waals surface area contributed by atoms with Crippen molar-refractivity contribution in [2.24, 2.45) is 0 Å². The normalized spacial score (nSPS) is 10.2. The van der Waals surface area contributed by atoms with Crippen LogP contribution in [0.15, 0.2) is 48.5 Å². The van der Waals surface area contributed by atoms with Crippen LogP contribution in [0.2, 0.25) is 0 Å². The smallest absolute Gasteiger partial charge is 0.325 e. The molecule has 0 bridgehead atoms. The Kier molecular flexibility index (Phi) is 8.87. The van der Waals surface area contributed by atoms with Gasteiger partial charge < -0.3 is 19.7 Å². The van der Waals surface area contributed by atoms with Crippen molar-refractivity contribution in [3.8, 4) is 5.75 Å². The van der Waals surface area contributed by atoms with Crippen LogP contribution in [0.25, 0.3) is 0 Å². The summed E-state index contributed by atoms with van der Waals surface area (Å²) < 4.78 is 10.2. The molecule has 0 aliphatic rings. The monoisotopic (exact) mass is 412 g/mol. The van der Waals surface area contributed by atoms with E-state index < -0.39 is 11.9 Å². The van der Waals surface area contributed by atoms with Gasteiger partial charge in [0.15, 0.2) is 6.61 Å². The zero-order valence-corrected chi connectivity index (χ0v) is 17.6. The molecule has 2 rings (SSSR count). The number of nitrogens with one attached hydrogen (secondary N) is 1. The van der Waals surface area contributed by atoms with Crippen molar-refractivity contribution in [1.82, 2.24) is 10.2 Å². The molecule has 0 aromatic heterocycles. The molecule has 0 aliphatic heterocycles. The average Bonchev–Trinajstić information content (AvgIpc) is 2.76. The zero-order valence-electron chi connectivity index (χ0n) is 17.6. The third kappa shape index (κ3) is 6.92. The molecule has 7 heteroatoms. The largest absolute Gasteiger partial charge is 0.496 e. The number of nitrogens with zero attached hydrogens (tertiary/aromatic N) is 1. The van der Waals surface area contributed by atoms with E-state index in [1.165, 1.54) is 7.11 Å². The SMILES string of the molecule is CCCN(Cc1ccc(C)cc1)C(=O)COC(=O)CNC(=O)c1ccccc1OC. The number of hydrogen-bond donors (Lipinski definition) is 1. The van der Waals surface area contributed by atoms with Crippen molar-refractivity contribution >= 4 is 17.8 Å². The van der Waals surface area contributed by atoms with Crippen LogP contribution in [0.4, 0.5) is 0 Å². The lowest BCUT2D eigenvalue weighted by molar-refractivity contribution is -0.151. The summed E-state index contributed by atoms with van der Waals surface area (Å²) in [5, 5.41) is 2.48. The van der Waals surface area contributed by atoms with E-state index in [-0.39, 0.29) is 19.1 Å². The van der Waals surface area contributed by atoms with Gasteiger partial charge in [-0.2, -0.15) is 0 Å². The average molecular weight is 412 g/mol. The van der Waals surface area contributed by atoms with Gasteiger partial charge in [-0.15, -0.1) is 0 Å². The summed E-state index contributed by atoms with van der Waals surface area (Å²) in [6.07, 6.45) is 0.792. The molecule has 0 spiro atoms. The number of hydrogen-bond acceptors (Lipinski definition) is 5. The van der Waals surface area contributed by atoms with E-state index in [0.29, 0.717) is 24.4 Å². The first-order valence-corrected chi connectivity index (χ1v) is 9.84. The summed E-state index contributed by atoms with van der Waals surface area (Å²) >= 11 is 0. The number of amides is 2. The van der Waals surface area contributed by atoms with Gasteiger partial charge in [0, 0.05) is 13.1 Å². The molecule has 2 aromatic rings. The minimum atomic E-state index is -0.682. The fraction of sp³-hybridized carbons (Fsp3) is 0.348. The van der Waals surface area contributed by atoms with Crippen molar-refractivity contribution in [3.05, 3.63) is 65.2 Å². The Hall–Kier alpha value is -3.35. The number of benzene rings is 2. The van der Waals surface area contributed by atoms with Crippen molar-refractivity contribution < 1.29 is 23.9 Å². The molecular weight excluding hydrogens is 384 g/mol. The molecular formula is C23H28N2O5. The van der Waals surface area contributed by atoms with Crippen molar-refractivity contribution in [1.29, 1.82) is 0 Å². The van der Waals surface area contributed by atoms with Crippen LogP contribution in [0.5, 0.6) is 5.75 Å². The number of rotatable bonds is 10. The first-order valence-electron chi connectivity index (χ1n) is 9.84. The van der Waals surface area contributed by atoms with Gasteiger partial charge in [0.25, 0.3) is 11.8 Å². The number of carbonyl (C=O) groups excluding carboxylic acids is 3. The Bertz CT molecular complexity index is 864. The maximum absolute atomic E-state index is 12.5. The third-order valence-corrected chi connectivity index (χ3v) is 4.44. The summed E-state index contributed by atoms with van der Waals surface area (Å²) in [5.41, 5.74) is 2.48. The lowest BCUT2D eigenvalue weighted by atomic mass is 10.1. The number of ether oxygens (including phenoxy) is 2. The van der Waals surface area contributed by atoms with E-state index in [1.54, 1.807) is 29.2 Å². The Labute approximate surface area is 177 Å². The van der Waals surface area contributed by atoms with Crippen LogP contribution < -0.4 is 10.1 Å². The fourth-order valence-electron chi connectivity index (χ4n) is 2.84. The Morgan fingerprint density at radius 1 is 1.03 bits per heavy atom. The number of para-hydroxylation sites is 1. The van der Waals surface area contributed by atoms with Crippen LogP contribution in [0.3, 0.4) is 0 Å². The molecule has 0 saturated heterocycles. The van der Waals surface area contributed by atoms with Gasteiger partial charge in [-0.1, -0.05) is 48.9 Å². The molecule has 1 N–H and O–H groups in total. The molecule has 0 aliphatic carbocycles. The van der Waals surface area contributed by atoms with E-state index in [0.717, 1.165) is 17.5 Å². The summed E-state index contributed by atoms with van der Waals surface area (Å²) in [5.74, 6) is -1.01. The van der Waals surface area contributed by atoms with E-state index in [4.69, 9.17) is 9.47 Å². The highest BCUT2D eigenvalue weighted by molar-refractivity contribution is 5.98. The first-order chi connectivity index (χ1) is 14.4. The lowest BCUT2D eigenvalue weighted by Crippen LogP contribution is -2.37. The van der Waals surface area contributed by atoms with Crippen molar-refractivity contribution in [3.63, 3.8) is 0 Å². The van der Waals surface area contributed by atoms with Crippen molar-refractivity contribution in [2.45, 2.75) is 26.8 Å². The van der Waals surface area contributed by atoms with Gasteiger partial charge in [-0.05, 0) is 31.0 Å². The van der Waals surface area contributed by atoms with Gasteiger partial charge >= 0.3 is 5.97 Å². The highest BCUT2D eigenvalue weighted by Gasteiger charge is 2.17. The van der Waals surface area contributed by atoms with Crippen LogP contribution in [0.1, 0.15) is 34.8 Å². The molecule has 0 atom stereocenters. The predicted octanol–water partition coefficient (Wildman–Crippen LogP) is 2.72. The summed E-state index contributed by atoms with van der Waals surface area (Å²) in [6.45, 7) is 4.30. The molecule has 160 valence electrons. The van der Waals surface area contributed by atoms with E-state index in [9.17, 15) is 14.4 Å². The zero-order chi connectivity index (χ0) is 21.9. The lowest BCUT2D eigenvalue weighted by Gasteiger charge is -2.22. The second kappa shape index (κ2) is 11.6. The van der Waals surface area contributed by atoms with Crippen LogP contribution in [-0.2, 0) is 20.9 Å². The summed E-state index contributed by atoms with van der Waals surface area (Å²) in [7, 11) is 1.46. The molecule has 2 amide bonds. The molecule has 0 fully saturated rings. The molecule has 30 heavy (non-hydrogen) atoms. The van der Waals surface area contributed by atoms with Gasteiger partial charge in [0.2, 0.25) is 0 Å². The van der Waals surface area contributed by atoms with E-state index in [1.807, 2.05) is 38.1 Å². The number of methoxy groups -OCH3 is 1. The first kappa shape index (κ1) is 22.9. The molecule has 0 heterocycles. The van der Waals surface area contributed by atoms with Gasteiger partial charge in [-0.3, -0.25) is 14.4 Å². The predicted molar refractivity (Wildman–Crippen MR) is 113 cm³/mol. The maximum Gasteiger partial charge on any atom is 0.325 e. The number of esters is 1. The molecule has 0 radical (unpaired) electrons. The fourth-order valence-corrected chi connectivity index (χ4v) is 2.84. The molecule has 7 nitrogen and oxygen atoms in total. The minimum Gasteiger partial charge on any atom is -0.496 e. The van der Waals surface area contributed by atoms with Crippen LogP contribution >= 0.6 is 0 Å². The Morgan fingerprint density at radius 2 is 1.73 bits per heavy atom. The third-order valence-electron chi connectivity index (χ3n) is 4.44. The number of aryl methyl sites for hydroxylation is 1. The second-order valence-electron chi connectivity index (χ2n) is 6.84. The van der Waals surface area contributed by atoms with Crippen molar-refractivity contribution in [2.75, 3.05) is 26.8 Å².